The standard InChI is InChI=1S/C13H21N3O/c1-3-17-13-7-12(15-9-16-13)14-8-11-6-4-5-10(11)2/h7,9-11H,3-6,8H2,1-2H3,(H,14,15,16). The summed E-state index contributed by atoms with van der Waals surface area (Å²) in [6, 6.07) is 1.86. The number of anilines is 1. The molecule has 0 spiro atoms. The Morgan fingerprint density at radius 3 is 3.00 bits per heavy atom. The monoisotopic (exact) mass is 235 g/mol. The third kappa shape index (κ3) is 3.32. The van der Waals surface area contributed by atoms with E-state index in [9.17, 15) is 0 Å². The van der Waals surface area contributed by atoms with Crippen molar-refractivity contribution in [3.8, 4) is 5.88 Å². The first kappa shape index (κ1) is 12.1. The summed E-state index contributed by atoms with van der Waals surface area (Å²) < 4.78 is 5.35. The second-order valence-electron chi connectivity index (χ2n) is 4.72. The van der Waals surface area contributed by atoms with Gasteiger partial charge in [-0.2, -0.15) is 0 Å². The summed E-state index contributed by atoms with van der Waals surface area (Å²) in [5, 5.41) is 3.38. The molecule has 4 nitrogen and oxygen atoms in total. The Bertz CT molecular complexity index is 356. The molecule has 0 saturated heterocycles. The minimum absolute atomic E-state index is 0.635. The molecule has 0 amide bonds. The lowest BCUT2D eigenvalue weighted by atomic mass is 9.98. The van der Waals surface area contributed by atoms with Gasteiger partial charge in [0.1, 0.15) is 12.1 Å². The minimum Gasteiger partial charge on any atom is -0.478 e. The molecule has 1 heterocycles. The van der Waals surface area contributed by atoms with Gasteiger partial charge in [-0.3, -0.25) is 0 Å². The lowest BCUT2D eigenvalue weighted by molar-refractivity contribution is 0.326. The zero-order valence-corrected chi connectivity index (χ0v) is 10.6. The van der Waals surface area contributed by atoms with Crippen LogP contribution in [0.5, 0.6) is 5.88 Å². The summed E-state index contributed by atoms with van der Waals surface area (Å²) >= 11 is 0. The molecule has 94 valence electrons. The van der Waals surface area contributed by atoms with Gasteiger partial charge >= 0.3 is 0 Å². The number of nitrogens with one attached hydrogen (secondary N) is 1. The summed E-state index contributed by atoms with van der Waals surface area (Å²) in [4.78, 5) is 8.26. The quantitative estimate of drug-likeness (QED) is 0.852. The number of ether oxygens (including phenoxy) is 1. The Hall–Kier alpha value is -1.32. The third-order valence-electron chi connectivity index (χ3n) is 3.52. The van der Waals surface area contributed by atoms with E-state index in [1.807, 2.05) is 13.0 Å². The van der Waals surface area contributed by atoms with E-state index in [-0.39, 0.29) is 0 Å². The molecule has 0 radical (unpaired) electrons. The normalized spacial score (nSPS) is 23.6. The van der Waals surface area contributed by atoms with Gasteiger partial charge in [0.2, 0.25) is 5.88 Å². The molecular weight excluding hydrogens is 214 g/mol. The molecule has 1 aliphatic carbocycles. The maximum absolute atomic E-state index is 5.35. The highest BCUT2D eigenvalue weighted by Gasteiger charge is 2.22. The zero-order chi connectivity index (χ0) is 12.1. The molecule has 0 aromatic carbocycles. The average molecular weight is 235 g/mol. The van der Waals surface area contributed by atoms with Gasteiger partial charge in [0.05, 0.1) is 6.61 Å². The molecule has 0 aliphatic heterocycles. The molecule has 1 N–H and O–H groups in total. The van der Waals surface area contributed by atoms with E-state index in [0.717, 1.165) is 24.2 Å². The fraction of sp³-hybridized carbons (Fsp3) is 0.692. The smallest absolute Gasteiger partial charge is 0.218 e. The van der Waals surface area contributed by atoms with Crippen LogP contribution >= 0.6 is 0 Å². The molecule has 2 rings (SSSR count). The molecule has 17 heavy (non-hydrogen) atoms. The first-order chi connectivity index (χ1) is 8.29. The Kier molecular flexibility index (Phi) is 4.18. The van der Waals surface area contributed by atoms with Crippen LogP contribution in [0.4, 0.5) is 5.82 Å². The van der Waals surface area contributed by atoms with Gasteiger partial charge in [-0.1, -0.05) is 19.8 Å². The van der Waals surface area contributed by atoms with Crippen LogP contribution in [-0.4, -0.2) is 23.1 Å². The highest BCUT2D eigenvalue weighted by Crippen LogP contribution is 2.31. The zero-order valence-electron chi connectivity index (χ0n) is 10.6. The Morgan fingerprint density at radius 1 is 1.41 bits per heavy atom. The topological polar surface area (TPSA) is 47.0 Å². The van der Waals surface area contributed by atoms with Crippen LogP contribution in [0, 0.1) is 11.8 Å². The van der Waals surface area contributed by atoms with Crippen LogP contribution in [0.15, 0.2) is 12.4 Å². The lowest BCUT2D eigenvalue weighted by Gasteiger charge is -2.16. The van der Waals surface area contributed by atoms with Crippen LogP contribution in [0.25, 0.3) is 0 Å². The molecular formula is C13H21N3O. The van der Waals surface area contributed by atoms with Gasteiger partial charge in [0, 0.05) is 12.6 Å². The van der Waals surface area contributed by atoms with Crippen molar-refractivity contribution < 1.29 is 4.74 Å². The SMILES string of the molecule is CCOc1cc(NCC2CCCC2C)ncn1. The third-order valence-corrected chi connectivity index (χ3v) is 3.52. The van der Waals surface area contributed by atoms with Gasteiger partial charge in [-0.25, -0.2) is 9.97 Å². The summed E-state index contributed by atoms with van der Waals surface area (Å²) in [6.45, 7) is 5.93. The second-order valence-corrected chi connectivity index (χ2v) is 4.72. The number of nitrogens with zero attached hydrogens (tertiary/aromatic N) is 2. The van der Waals surface area contributed by atoms with Crippen molar-refractivity contribution in [2.75, 3.05) is 18.5 Å². The van der Waals surface area contributed by atoms with Gasteiger partial charge in [0.25, 0.3) is 0 Å². The molecule has 1 aliphatic rings. The fourth-order valence-corrected chi connectivity index (χ4v) is 2.42. The van der Waals surface area contributed by atoms with Gasteiger partial charge in [-0.05, 0) is 25.2 Å². The van der Waals surface area contributed by atoms with Crippen molar-refractivity contribution in [3.05, 3.63) is 12.4 Å². The lowest BCUT2D eigenvalue weighted by Crippen LogP contribution is -2.17. The highest BCUT2D eigenvalue weighted by molar-refractivity contribution is 5.37. The minimum atomic E-state index is 0.635. The van der Waals surface area contributed by atoms with Crippen molar-refractivity contribution in [2.45, 2.75) is 33.1 Å². The molecule has 1 saturated carbocycles. The van der Waals surface area contributed by atoms with E-state index in [1.54, 1.807) is 6.33 Å². The van der Waals surface area contributed by atoms with Crippen molar-refractivity contribution in [1.82, 2.24) is 9.97 Å². The predicted octanol–water partition coefficient (Wildman–Crippen LogP) is 2.72. The van der Waals surface area contributed by atoms with Crippen LogP contribution in [0.3, 0.4) is 0 Å². The first-order valence-corrected chi connectivity index (χ1v) is 6.48. The van der Waals surface area contributed by atoms with Crippen molar-refractivity contribution >= 4 is 5.82 Å². The highest BCUT2D eigenvalue weighted by atomic mass is 16.5. The second kappa shape index (κ2) is 5.84. The fourth-order valence-electron chi connectivity index (χ4n) is 2.42. The van der Waals surface area contributed by atoms with E-state index in [0.29, 0.717) is 12.5 Å². The Balaban J connectivity index is 1.87. The molecule has 2 unspecified atom stereocenters. The van der Waals surface area contributed by atoms with Crippen molar-refractivity contribution in [2.24, 2.45) is 11.8 Å². The summed E-state index contributed by atoms with van der Waals surface area (Å²) in [6.07, 6.45) is 5.60. The molecule has 1 aromatic heterocycles. The number of aromatic nitrogens is 2. The first-order valence-electron chi connectivity index (χ1n) is 6.48. The largest absolute Gasteiger partial charge is 0.478 e. The Morgan fingerprint density at radius 2 is 2.29 bits per heavy atom. The summed E-state index contributed by atoms with van der Waals surface area (Å²) in [5.74, 6) is 3.11. The summed E-state index contributed by atoms with van der Waals surface area (Å²) in [5.41, 5.74) is 0. The van der Waals surface area contributed by atoms with Gasteiger partial charge < -0.3 is 10.1 Å². The molecule has 0 bridgehead atoms. The molecule has 2 atom stereocenters. The summed E-state index contributed by atoms with van der Waals surface area (Å²) in [7, 11) is 0. The van der Waals surface area contributed by atoms with Gasteiger partial charge in [-0.15, -0.1) is 0 Å². The number of rotatable bonds is 5. The van der Waals surface area contributed by atoms with Crippen LogP contribution in [0.2, 0.25) is 0 Å². The van der Waals surface area contributed by atoms with E-state index in [4.69, 9.17) is 4.74 Å². The Labute approximate surface area is 103 Å². The van der Waals surface area contributed by atoms with Crippen LogP contribution < -0.4 is 10.1 Å². The average Bonchev–Trinajstić information content (AvgIpc) is 2.73. The van der Waals surface area contributed by atoms with Crippen molar-refractivity contribution in [1.29, 1.82) is 0 Å². The van der Waals surface area contributed by atoms with Gasteiger partial charge in [0.15, 0.2) is 0 Å². The van der Waals surface area contributed by atoms with Crippen molar-refractivity contribution in [3.63, 3.8) is 0 Å². The van der Waals surface area contributed by atoms with E-state index < -0.39 is 0 Å². The van der Waals surface area contributed by atoms with Crippen LogP contribution in [0.1, 0.15) is 33.1 Å². The van der Waals surface area contributed by atoms with E-state index in [2.05, 4.69) is 22.2 Å². The van der Waals surface area contributed by atoms with E-state index in [1.165, 1.54) is 19.3 Å². The van der Waals surface area contributed by atoms with Crippen LogP contribution in [-0.2, 0) is 0 Å². The molecule has 1 aromatic rings. The number of hydrogen-bond donors (Lipinski definition) is 1. The maximum atomic E-state index is 5.35. The maximum Gasteiger partial charge on any atom is 0.218 e. The predicted molar refractivity (Wildman–Crippen MR) is 68.2 cm³/mol. The molecule has 4 heteroatoms. The molecule has 1 fully saturated rings. The van der Waals surface area contributed by atoms with E-state index >= 15 is 0 Å². The number of hydrogen-bond acceptors (Lipinski definition) is 4.